The van der Waals surface area contributed by atoms with Gasteiger partial charge < -0.3 is 9.47 Å². The van der Waals surface area contributed by atoms with E-state index in [0.29, 0.717) is 25.2 Å². The first-order chi connectivity index (χ1) is 9.10. The molecule has 0 fully saturated rings. The second kappa shape index (κ2) is 8.02. The predicted molar refractivity (Wildman–Crippen MR) is 71.5 cm³/mol. The van der Waals surface area contributed by atoms with Crippen LogP contribution in [0.1, 0.15) is 38.7 Å². The molecule has 0 saturated carbocycles. The lowest BCUT2D eigenvalue weighted by molar-refractivity contribution is -0.147. The minimum absolute atomic E-state index is 0.0884. The molecule has 0 aromatic heterocycles. The predicted octanol–water partition coefficient (Wildman–Crippen LogP) is 3.29. The summed E-state index contributed by atoms with van der Waals surface area (Å²) in [5, 5.41) is 0. The van der Waals surface area contributed by atoms with Crippen molar-refractivity contribution in [2.45, 2.75) is 39.4 Å². The zero-order chi connectivity index (χ0) is 14.3. The highest BCUT2D eigenvalue weighted by Gasteiger charge is 2.24. The number of hydrogen-bond donors (Lipinski definition) is 0. The van der Waals surface area contributed by atoms with Gasteiger partial charge in [-0.15, -0.1) is 0 Å². The van der Waals surface area contributed by atoms with Crippen LogP contribution in [0.3, 0.4) is 0 Å². The summed E-state index contributed by atoms with van der Waals surface area (Å²) in [5.41, 5.74) is 0.402. The minimum atomic E-state index is -0.538. The molecule has 1 atom stereocenters. The maximum absolute atomic E-state index is 13.8. The summed E-state index contributed by atoms with van der Waals surface area (Å²) in [6.45, 7) is 6.17. The van der Waals surface area contributed by atoms with Gasteiger partial charge in [0.05, 0.1) is 5.92 Å². The molecular formula is C15H21FO3. The molecule has 1 rings (SSSR count). The van der Waals surface area contributed by atoms with E-state index in [9.17, 15) is 9.18 Å². The Hall–Kier alpha value is -1.26. The van der Waals surface area contributed by atoms with Gasteiger partial charge in [0, 0.05) is 19.6 Å². The van der Waals surface area contributed by atoms with E-state index in [4.69, 9.17) is 9.47 Å². The topological polar surface area (TPSA) is 35.5 Å². The Balaban J connectivity index is 2.89. The Bertz CT molecular complexity index is 400. The molecule has 19 heavy (non-hydrogen) atoms. The van der Waals surface area contributed by atoms with Crippen LogP contribution in [0.2, 0.25) is 0 Å². The molecule has 0 spiro atoms. The van der Waals surface area contributed by atoms with Crippen molar-refractivity contribution in [3.05, 3.63) is 35.6 Å². The lowest BCUT2D eigenvalue weighted by Crippen LogP contribution is -2.24. The number of ether oxygens (including phenoxy) is 2. The Morgan fingerprint density at radius 2 is 1.79 bits per heavy atom. The van der Waals surface area contributed by atoms with E-state index in [1.807, 2.05) is 13.8 Å². The molecular weight excluding hydrogens is 247 g/mol. The van der Waals surface area contributed by atoms with Gasteiger partial charge in [-0.25, -0.2) is 4.39 Å². The summed E-state index contributed by atoms with van der Waals surface area (Å²) in [7, 11) is 0. The monoisotopic (exact) mass is 268 g/mol. The molecule has 0 N–H and O–H groups in total. The molecule has 1 unspecified atom stereocenters. The Morgan fingerprint density at radius 3 is 2.26 bits per heavy atom. The van der Waals surface area contributed by atoms with E-state index in [1.165, 1.54) is 13.0 Å². The van der Waals surface area contributed by atoms with E-state index >= 15 is 0 Å². The molecule has 0 bridgehead atoms. The number of carbonyl (C=O) groups excluding carboxylic acids is 1. The van der Waals surface area contributed by atoms with Crippen molar-refractivity contribution in [3.63, 3.8) is 0 Å². The number of Topliss-reactive ketones (excluding diaryl/α,β-unsaturated/α-hetero) is 1. The SMILES string of the molecule is CCOC(CC(C(C)=O)c1ccccc1F)OCC. The van der Waals surface area contributed by atoms with Crippen LogP contribution >= 0.6 is 0 Å². The Labute approximate surface area is 113 Å². The summed E-state index contributed by atoms with van der Waals surface area (Å²) in [6, 6.07) is 6.33. The molecule has 3 nitrogen and oxygen atoms in total. The number of carbonyl (C=O) groups is 1. The van der Waals surface area contributed by atoms with Crippen LogP contribution in [-0.2, 0) is 14.3 Å². The van der Waals surface area contributed by atoms with Gasteiger partial charge in [-0.05, 0) is 32.4 Å². The molecule has 0 saturated heterocycles. The second-order valence-electron chi connectivity index (χ2n) is 4.26. The second-order valence-corrected chi connectivity index (χ2v) is 4.26. The molecule has 4 heteroatoms. The van der Waals surface area contributed by atoms with Gasteiger partial charge in [-0.3, -0.25) is 4.79 Å². The van der Waals surface area contributed by atoms with Gasteiger partial charge in [0.2, 0.25) is 0 Å². The molecule has 1 aromatic rings. The molecule has 0 aliphatic carbocycles. The van der Waals surface area contributed by atoms with Crippen LogP contribution < -0.4 is 0 Å². The Kier molecular flexibility index (Phi) is 6.67. The lowest BCUT2D eigenvalue weighted by atomic mass is 9.91. The van der Waals surface area contributed by atoms with Crippen LogP contribution in [0.25, 0.3) is 0 Å². The van der Waals surface area contributed by atoms with Crippen molar-refractivity contribution < 1.29 is 18.7 Å². The molecule has 1 aromatic carbocycles. The number of benzene rings is 1. The van der Waals surface area contributed by atoms with Gasteiger partial charge in [0.15, 0.2) is 6.29 Å². The zero-order valence-electron chi connectivity index (χ0n) is 11.7. The van der Waals surface area contributed by atoms with Crippen molar-refractivity contribution in [1.29, 1.82) is 0 Å². The van der Waals surface area contributed by atoms with Crippen LogP contribution in [0, 0.1) is 5.82 Å². The number of ketones is 1. The average Bonchev–Trinajstić information content (AvgIpc) is 2.37. The minimum Gasteiger partial charge on any atom is -0.353 e. The normalized spacial score (nSPS) is 12.7. The van der Waals surface area contributed by atoms with E-state index < -0.39 is 12.2 Å². The van der Waals surface area contributed by atoms with E-state index in [2.05, 4.69) is 0 Å². The first kappa shape index (κ1) is 15.8. The first-order valence-corrected chi connectivity index (χ1v) is 6.58. The molecule has 106 valence electrons. The largest absolute Gasteiger partial charge is 0.353 e. The quantitative estimate of drug-likeness (QED) is 0.679. The number of halogens is 1. The van der Waals surface area contributed by atoms with Crippen molar-refractivity contribution in [2.75, 3.05) is 13.2 Å². The molecule has 0 radical (unpaired) electrons. The van der Waals surface area contributed by atoms with Gasteiger partial charge >= 0.3 is 0 Å². The van der Waals surface area contributed by atoms with Crippen molar-refractivity contribution in [2.24, 2.45) is 0 Å². The maximum Gasteiger partial charge on any atom is 0.158 e. The summed E-state index contributed by atoms with van der Waals surface area (Å²) >= 11 is 0. The highest BCUT2D eigenvalue weighted by Crippen LogP contribution is 2.26. The fourth-order valence-corrected chi connectivity index (χ4v) is 2.02. The van der Waals surface area contributed by atoms with Crippen molar-refractivity contribution >= 4 is 5.78 Å². The van der Waals surface area contributed by atoms with E-state index in [-0.39, 0.29) is 11.6 Å². The fraction of sp³-hybridized carbons (Fsp3) is 0.533. The molecule has 0 aliphatic rings. The zero-order valence-corrected chi connectivity index (χ0v) is 11.7. The van der Waals surface area contributed by atoms with Crippen LogP contribution in [0.15, 0.2) is 24.3 Å². The molecule has 0 aliphatic heterocycles. The third-order valence-corrected chi connectivity index (χ3v) is 2.90. The third kappa shape index (κ3) is 4.73. The van der Waals surface area contributed by atoms with Crippen LogP contribution in [0.4, 0.5) is 4.39 Å². The summed E-state index contributed by atoms with van der Waals surface area (Å²) in [6.07, 6.45) is -0.152. The average molecular weight is 268 g/mol. The first-order valence-electron chi connectivity index (χ1n) is 6.58. The lowest BCUT2D eigenvalue weighted by Gasteiger charge is -2.22. The highest BCUT2D eigenvalue weighted by molar-refractivity contribution is 5.83. The van der Waals surface area contributed by atoms with E-state index in [0.717, 1.165) is 0 Å². The third-order valence-electron chi connectivity index (χ3n) is 2.90. The van der Waals surface area contributed by atoms with Crippen molar-refractivity contribution in [3.8, 4) is 0 Å². The summed E-state index contributed by atoms with van der Waals surface area (Å²) < 4.78 is 24.6. The maximum atomic E-state index is 13.8. The van der Waals surface area contributed by atoms with E-state index in [1.54, 1.807) is 18.2 Å². The van der Waals surface area contributed by atoms with Crippen molar-refractivity contribution in [1.82, 2.24) is 0 Å². The molecule has 0 amide bonds. The van der Waals surface area contributed by atoms with Crippen LogP contribution in [0.5, 0.6) is 0 Å². The number of hydrogen-bond acceptors (Lipinski definition) is 3. The highest BCUT2D eigenvalue weighted by atomic mass is 19.1. The standard InChI is InChI=1S/C15H21FO3/c1-4-18-15(19-5-2)10-13(11(3)17)12-8-6-7-9-14(12)16/h6-9,13,15H,4-5,10H2,1-3H3. The fourth-order valence-electron chi connectivity index (χ4n) is 2.02. The van der Waals surface area contributed by atoms with Crippen LogP contribution in [-0.4, -0.2) is 25.3 Å². The smallest absolute Gasteiger partial charge is 0.158 e. The van der Waals surface area contributed by atoms with Gasteiger partial charge in [-0.2, -0.15) is 0 Å². The number of rotatable bonds is 8. The molecule has 0 heterocycles. The summed E-state index contributed by atoms with van der Waals surface area (Å²) in [4.78, 5) is 11.8. The van der Waals surface area contributed by atoms with Gasteiger partial charge in [0.25, 0.3) is 0 Å². The van der Waals surface area contributed by atoms with Gasteiger partial charge in [0.1, 0.15) is 11.6 Å². The Morgan fingerprint density at radius 1 is 1.21 bits per heavy atom. The van der Waals surface area contributed by atoms with Gasteiger partial charge in [-0.1, -0.05) is 18.2 Å². The summed E-state index contributed by atoms with van der Waals surface area (Å²) in [5.74, 6) is -0.992.